The van der Waals surface area contributed by atoms with Crippen LogP contribution < -0.4 is 25.6 Å². The number of hydrogen-bond acceptors (Lipinski definition) is 11. The second kappa shape index (κ2) is 15.7. The molecule has 14 heteroatoms. The SMILES string of the molecule is COc1cc(N2CCC(N3CCC(CN4CCCC5(CCN(c6ccc7c(c6)C(=O)N(C6CCC(=O)NC6=O)C7=O)CC5)C4)CC3)CC2)c(-c2cnn(C)c2)cc1N. The third-order valence-electron chi connectivity index (χ3n) is 14.2. The van der Waals surface area contributed by atoms with Gasteiger partial charge in [-0.2, -0.15) is 5.10 Å². The average Bonchev–Trinajstić information content (AvgIpc) is 3.77. The number of nitrogens with zero attached hydrogens (tertiary/aromatic N) is 7. The smallest absolute Gasteiger partial charge is 0.262 e. The van der Waals surface area contributed by atoms with Crippen LogP contribution in [0.4, 0.5) is 17.1 Å². The maximum atomic E-state index is 13.5. The van der Waals surface area contributed by atoms with Crippen molar-refractivity contribution in [3.63, 3.8) is 0 Å². The zero-order valence-corrected chi connectivity index (χ0v) is 34.0. The molecule has 5 saturated heterocycles. The molecular weight excluding hydrogens is 735 g/mol. The molecule has 1 unspecified atom stereocenters. The molecule has 0 bridgehead atoms. The molecule has 1 atom stereocenters. The van der Waals surface area contributed by atoms with Crippen LogP contribution in [0.15, 0.2) is 42.7 Å². The van der Waals surface area contributed by atoms with E-state index >= 15 is 0 Å². The Labute approximate surface area is 340 Å². The monoisotopic (exact) mass is 791 g/mol. The molecule has 308 valence electrons. The highest BCUT2D eigenvalue weighted by atomic mass is 16.5. The minimum atomic E-state index is -0.950. The lowest BCUT2D eigenvalue weighted by atomic mass is 9.72. The summed E-state index contributed by atoms with van der Waals surface area (Å²) in [7, 11) is 3.62. The second-order valence-electron chi connectivity index (χ2n) is 17.7. The van der Waals surface area contributed by atoms with Crippen molar-refractivity contribution in [1.82, 2.24) is 29.8 Å². The first-order valence-electron chi connectivity index (χ1n) is 21.4. The number of hydrogen-bond donors (Lipinski definition) is 2. The number of amides is 4. The van der Waals surface area contributed by atoms with Gasteiger partial charge in [-0.1, -0.05) is 0 Å². The third-order valence-corrected chi connectivity index (χ3v) is 14.2. The molecule has 1 aromatic heterocycles. The van der Waals surface area contributed by atoms with Gasteiger partial charge in [-0.05, 0) is 113 Å². The lowest BCUT2D eigenvalue weighted by molar-refractivity contribution is -0.136. The summed E-state index contributed by atoms with van der Waals surface area (Å²) in [5.41, 5.74) is 12.3. The number of anilines is 3. The molecule has 2 aromatic carbocycles. The molecule has 9 rings (SSSR count). The van der Waals surface area contributed by atoms with Crippen LogP contribution in [0.25, 0.3) is 11.1 Å². The fraction of sp³-hybridized carbons (Fsp3) is 0.568. The molecule has 5 fully saturated rings. The van der Waals surface area contributed by atoms with Crippen LogP contribution >= 0.6 is 0 Å². The molecule has 0 saturated carbocycles. The van der Waals surface area contributed by atoms with Gasteiger partial charge in [-0.25, -0.2) is 0 Å². The first kappa shape index (κ1) is 38.6. The number of nitrogen functional groups attached to an aromatic ring is 1. The quantitative estimate of drug-likeness (QED) is 0.251. The molecule has 14 nitrogen and oxygen atoms in total. The van der Waals surface area contributed by atoms with Crippen molar-refractivity contribution in [3.05, 3.63) is 53.9 Å². The van der Waals surface area contributed by atoms with Crippen LogP contribution in [0.2, 0.25) is 0 Å². The number of carbonyl (C=O) groups is 4. The van der Waals surface area contributed by atoms with Crippen molar-refractivity contribution in [2.75, 3.05) is 81.5 Å². The van der Waals surface area contributed by atoms with Crippen molar-refractivity contribution in [2.45, 2.75) is 76.3 Å². The number of aryl methyl sites for hydroxylation is 1. The van der Waals surface area contributed by atoms with Gasteiger partial charge in [0.1, 0.15) is 11.8 Å². The Bertz CT molecular complexity index is 2080. The number of carbonyl (C=O) groups excluding carboxylic acids is 4. The second-order valence-corrected chi connectivity index (χ2v) is 17.7. The van der Waals surface area contributed by atoms with Crippen LogP contribution in [0.5, 0.6) is 5.75 Å². The summed E-state index contributed by atoms with van der Waals surface area (Å²) < 4.78 is 7.46. The van der Waals surface area contributed by atoms with Gasteiger partial charge in [0.05, 0.1) is 30.1 Å². The maximum Gasteiger partial charge on any atom is 0.262 e. The average molecular weight is 792 g/mol. The van der Waals surface area contributed by atoms with Crippen LogP contribution in [-0.4, -0.2) is 126 Å². The zero-order valence-electron chi connectivity index (χ0n) is 34.0. The number of aromatic nitrogens is 2. The summed E-state index contributed by atoms with van der Waals surface area (Å²) >= 11 is 0. The van der Waals surface area contributed by atoms with Crippen molar-refractivity contribution < 1.29 is 23.9 Å². The molecule has 6 aliphatic heterocycles. The molecule has 7 heterocycles. The molecule has 4 amide bonds. The van der Waals surface area contributed by atoms with Gasteiger partial charge in [0, 0.05) is 93.5 Å². The maximum absolute atomic E-state index is 13.5. The number of methoxy groups -OCH3 is 1. The van der Waals surface area contributed by atoms with Gasteiger partial charge in [-0.15, -0.1) is 0 Å². The fourth-order valence-corrected chi connectivity index (χ4v) is 10.9. The number of rotatable bonds is 8. The molecule has 1 spiro atoms. The van der Waals surface area contributed by atoms with Crippen molar-refractivity contribution in [3.8, 4) is 16.9 Å². The highest BCUT2D eigenvalue weighted by molar-refractivity contribution is 6.23. The van der Waals surface area contributed by atoms with E-state index in [0.717, 1.165) is 86.0 Å². The fourth-order valence-electron chi connectivity index (χ4n) is 10.9. The molecule has 3 aromatic rings. The van der Waals surface area contributed by atoms with Gasteiger partial charge in [0.2, 0.25) is 11.8 Å². The van der Waals surface area contributed by atoms with E-state index in [1.54, 1.807) is 13.2 Å². The first-order valence-corrected chi connectivity index (χ1v) is 21.4. The summed E-state index contributed by atoms with van der Waals surface area (Å²) in [4.78, 5) is 62.3. The van der Waals surface area contributed by atoms with Gasteiger partial charge in [0.25, 0.3) is 11.8 Å². The van der Waals surface area contributed by atoms with Crippen molar-refractivity contribution in [2.24, 2.45) is 18.4 Å². The van der Waals surface area contributed by atoms with Crippen LogP contribution in [0, 0.1) is 11.3 Å². The summed E-state index contributed by atoms with van der Waals surface area (Å²) in [5.74, 6) is -0.408. The number of imide groups is 2. The van der Waals surface area contributed by atoms with E-state index in [1.165, 1.54) is 57.5 Å². The largest absolute Gasteiger partial charge is 0.495 e. The van der Waals surface area contributed by atoms with Gasteiger partial charge in [0.15, 0.2) is 0 Å². The minimum Gasteiger partial charge on any atom is -0.495 e. The highest BCUT2D eigenvalue weighted by Gasteiger charge is 2.45. The molecule has 58 heavy (non-hydrogen) atoms. The molecule has 0 radical (unpaired) electrons. The van der Waals surface area contributed by atoms with Crippen molar-refractivity contribution in [1.29, 1.82) is 0 Å². The topological polar surface area (TPSA) is 150 Å². The Morgan fingerprint density at radius 3 is 2.31 bits per heavy atom. The molecule has 0 aliphatic carbocycles. The Kier molecular flexibility index (Phi) is 10.4. The van der Waals surface area contributed by atoms with E-state index in [1.807, 2.05) is 42.3 Å². The summed E-state index contributed by atoms with van der Waals surface area (Å²) in [6.45, 7) is 9.75. The first-order chi connectivity index (χ1) is 28.1. The summed E-state index contributed by atoms with van der Waals surface area (Å²) in [6.07, 6.45) is 13.8. The van der Waals surface area contributed by atoms with Crippen LogP contribution in [0.3, 0.4) is 0 Å². The van der Waals surface area contributed by atoms with E-state index in [2.05, 4.69) is 36.1 Å². The van der Waals surface area contributed by atoms with Gasteiger partial charge < -0.3 is 30.1 Å². The standard InChI is InChI=1S/C44H57N9O5/c1-48-27-30(25-46-48)34-23-36(45)39(58-2)24-38(34)52-18-10-31(11-19-52)50-16-8-29(9-17-50)26-49-15-3-12-44(28-49)13-20-51(21-14-44)32-4-5-33-35(22-32)43(57)53(42(33)56)37-6-7-40(54)47-41(37)55/h4-5,22-25,27,29,31,37H,3,6-21,26,28,45H2,1-2H3,(H,47,54,55). The van der Waals surface area contributed by atoms with Crippen LogP contribution in [0.1, 0.15) is 84.9 Å². The normalized spacial score (nSPS) is 23.8. The predicted molar refractivity (Wildman–Crippen MR) is 222 cm³/mol. The Balaban J connectivity index is 0.751. The highest BCUT2D eigenvalue weighted by Crippen LogP contribution is 2.43. The lowest BCUT2D eigenvalue weighted by Crippen LogP contribution is -2.54. The van der Waals surface area contributed by atoms with Crippen molar-refractivity contribution >= 4 is 40.7 Å². The van der Waals surface area contributed by atoms with E-state index in [4.69, 9.17) is 10.5 Å². The van der Waals surface area contributed by atoms with E-state index in [-0.39, 0.29) is 18.7 Å². The number of piperidine rings is 5. The number of ether oxygens (including phenoxy) is 1. The lowest BCUT2D eigenvalue weighted by Gasteiger charge is -2.49. The summed E-state index contributed by atoms with van der Waals surface area (Å²) in [6, 6.07) is 9.30. The summed E-state index contributed by atoms with van der Waals surface area (Å²) in [5, 5.41) is 6.69. The van der Waals surface area contributed by atoms with Crippen LogP contribution in [-0.2, 0) is 16.6 Å². The number of fused-ring (bicyclic) bond motifs is 1. The van der Waals surface area contributed by atoms with E-state index in [9.17, 15) is 19.2 Å². The predicted octanol–water partition coefficient (Wildman–Crippen LogP) is 4.14. The number of likely N-dealkylation sites (tertiary alicyclic amines) is 2. The number of nitrogens with two attached hydrogens (primary N) is 1. The van der Waals surface area contributed by atoms with E-state index < -0.39 is 23.8 Å². The number of benzene rings is 2. The zero-order chi connectivity index (χ0) is 40.1. The molecule has 6 aliphatic rings. The van der Waals surface area contributed by atoms with Gasteiger partial charge >= 0.3 is 0 Å². The van der Waals surface area contributed by atoms with Gasteiger partial charge in [-0.3, -0.25) is 34.1 Å². The molecular formula is C44H57N9O5. The molecule has 3 N–H and O–H groups in total. The third kappa shape index (κ3) is 7.33. The van der Waals surface area contributed by atoms with E-state index in [0.29, 0.717) is 34.0 Å². The number of nitrogens with one attached hydrogen (secondary N) is 1. The Hall–Kier alpha value is -4.95. The Morgan fingerprint density at radius 2 is 1.60 bits per heavy atom. The minimum absolute atomic E-state index is 0.112. The Morgan fingerprint density at radius 1 is 0.845 bits per heavy atom.